The van der Waals surface area contributed by atoms with Gasteiger partial charge in [0.25, 0.3) is 0 Å². The Morgan fingerprint density at radius 3 is 3.17 bits per heavy atom. The van der Waals surface area contributed by atoms with Gasteiger partial charge in [0, 0.05) is 24.3 Å². The second kappa shape index (κ2) is 3.51. The molecule has 1 fully saturated rings. The van der Waals surface area contributed by atoms with Crippen LogP contribution in [0.15, 0.2) is 18.2 Å². The van der Waals surface area contributed by atoms with Crippen LogP contribution in [-0.2, 0) is 6.42 Å². The lowest BCUT2D eigenvalue weighted by molar-refractivity contribution is 0.212. The second-order valence-electron chi connectivity index (χ2n) is 6.81. The summed E-state index contributed by atoms with van der Waals surface area (Å²) in [6.07, 6.45) is 4.90. The maximum Gasteiger partial charge on any atom is 0.0435 e. The molecular weight excluding hydrogens is 220 g/mol. The second-order valence-corrected chi connectivity index (χ2v) is 6.81. The van der Waals surface area contributed by atoms with Crippen molar-refractivity contribution in [2.75, 3.05) is 18.0 Å². The molecule has 0 bridgehead atoms. The zero-order chi connectivity index (χ0) is 12.3. The van der Waals surface area contributed by atoms with Gasteiger partial charge in [0.15, 0.2) is 0 Å². The molecule has 0 aromatic heterocycles. The summed E-state index contributed by atoms with van der Waals surface area (Å²) >= 11 is 0. The van der Waals surface area contributed by atoms with Crippen LogP contribution in [0.2, 0.25) is 0 Å². The van der Waals surface area contributed by atoms with Crippen molar-refractivity contribution in [2.45, 2.75) is 44.1 Å². The zero-order valence-corrected chi connectivity index (χ0v) is 11.2. The topological polar surface area (TPSA) is 29.3 Å². The van der Waals surface area contributed by atoms with Crippen molar-refractivity contribution in [1.29, 1.82) is 0 Å². The summed E-state index contributed by atoms with van der Waals surface area (Å²) in [7, 11) is 0. The predicted octanol–water partition coefficient (Wildman–Crippen LogP) is 2.66. The quantitative estimate of drug-likeness (QED) is 0.758. The molecule has 2 heterocycles. The summed E-state index contributed by atoms with van der Waals surface area (Å²) in [6, 6.07) is 6.92. The smallest absolute Gasteiger partial charge is 0.0435 e. The number of anilines is 1. The van der Waals surface area contributed by atoms with Crippen LogP contribution in [0.4, 0.5) is 5.69 Å². The lowest BCUT2D eigenvalue weighted by Gasteiger charge is -2.46. The normalized spacial score (nSPS) is 37.3. The minimum atomic E-state index is 0.0463. The molecule has 1 saturated carbocycles. The number of nitrogens with zero attached hydrogens (tertiary/aromatic N) is 1. The standard InChI is InChI=1S/C16H22N2/c1-16(17)7-5-12-10-18-8-6-11-3-2-4-13(15(11)18)14(12)9-16/h2-4,12,14H,5-10,17H2,1H3/t12-,14-,16?/m1/s1. The molecule has 0 saturated heterocycles. The van der Waals surface area contributed by atoms with E-state index in [2.05, 4.69) is 30.0 Å². The number of fused-ring (bicyclic) bond motifs is 2. The highest BCUT2D eigenvalue weighted by atomic mass is 15.2. The van der Waals surface area contributed by atoms with E-state index in [1.807, 2.05) is 0 Å². The molecule has 1 aliphatic carbocycles. The van der Waals surface area contributed by atoms with E-state index in [1.54, 1.807) is 16.8 Å². The molecule has 4 rings (SSSR count). The molecule has 3 aliphatic rings. The third kappa shape index (κ3) is 1.45. The van der Waals surface area contributed by atoms with E-state index in [0.29, 0.717) is 5.92 Å². The molecule has 2 aliphatic heterocycles. The highest BCUT2D eigenvalue weighted by Gasteiger charge is 2.42. The van der Waals surface area contributed by atoms with Gasteiger partial charge in [0.05, 0.1) is 0 Å². The van der Waals surface area contributed by atoms with Gasteiger partial charge in [-0.15, -0.1) is 0 Å². The van der Waals surface area contributed by atoms with Gasteiger partial charge in [0.1, 0.15) is 0 Å². The largest absolute Gasteiger partial charge is 0.370 e. The number of hydrogen-bond acceptors (Lipinski definition) is 2. The van der Waals surface area contributed by atoms with Crippen LogP contribution in [0.1, 0.15) is 43.2 Å². The summed E-state index contributed by atoms with van der Waals surface area (Å²) < 4.78 is 0. The van der Waals surface area contributed by atoms with Crippen LogP contribution >= 0.6 is 0 Å². The Balaban J connectivity index is 1.81. The molecule has 2 heteroatoms. The Bertz CT molecular complexity index is 492. The molecule has 96 valence electrons. The Morgan fingerprint density at radius 2 is 2.28 bits per heavy atom. The van der Waals surface area contributed by atoms with Crippen LogP contribution < -0.4 is 10.6 Å². The molecule has 2 nitrogen and oxygen atoms in total. The number of hydrogen-bond donors (Lipinski definition) is 1. The fourth-order valence-electron chi connectivity index (χ4n) is 4.40. The molecule has 0 amide bonds. The third-order valence-corrected chi connectivity index (χ3v) is 5.31. The van der Waals surface area contributed by atoms with Crippen molar-refractivity contribution in [3.05, 3.63) is 29.3 Å². The number of para-hydroxylation sites is 1. The maximum atomic E-state index is 6.42. The first-order valence-corrected chi connectivity index (χ1v) is 7.30. The molecule has 18 heavy (non-hydrogen) atoms. The van der Waals surface area contributed by atoms with Gasteiger partial charge in [-0.1, -0.05) is 18.2 Å². The summed E-state index contributed by atoms with van der Waals surface area (Å²) in [5.41, 5.74) is 11.2. The highest BCUT2D eigenvalue weighted by molar-refractivity contribution is 5.66. The van der Waals surface area contributed by atoms with Crippen molar-refractivity contribution in [3.63, 3.8) is 0 Å². The van der Waals surface area contributed by atoms with Gasteiger partial charge < -0.3 is 10.6 Å². The Morgan fingerprint density at radius 1 is 1.39 bits per heavy atom. The van der Waals surface area contributed by atoms with Gasteiger partial charge in [-0.2, -0.15) is 0 Å². The molecule has 2 N–H and O–H groups in total. The first kappa shape index (κ1) is 10.9. The average Bonchev–Trinajstić information content (AvgIpc) is 2.75. The zero-order valence-electron chi connectivity index (χ0n) is 11.2. The summed E-state index contributed by atoms with van der Waals surface area (Å²) in [4.78, 5) is 2.63. The molecular formula is C16H22N2. The molecule has 1 unspecified atom stereocenters. The molecule has 1 aromatic rings. The highest BCUT2D eigenvalue weighted by Crippen LogP contribution is 2.50. The van der Waals surface area contributed by atoms with Crippen molar-refractivity contribution in [1.82, 2.24) is 0 Å². The van der Waals surface area contributed by atoms with Crippen molar-refractivity contribution in [3.8, 4) is 0 Å². The first-order valence-electron chi connectivity index (χ1n) is 7.30. The predicted molar refractivity (Wildman–Crippen MR) is 75.0 cm³/mol. The average molecular weight is 242 g/mol. The minimum absolute atomic E-state index is 0.0463. The number of benzene rings is 1. The number of rotatable bonds is 0. The summed E-state index contributed by atoms with van der Waals surface area (Å²) in [5, 5.41) is 0. The fraction of sp³-hybridized carbons (Fsp3) is 0.625. The van der Waals surface area contributed by atoms with E-state index in [-0.39, 0.29) is 5.54 Å². The van der Waals surface area contributed by atoms with Gasteiger partial charge >= 0.3 is 0 Å². The van der Waals surface area contributed by atoms with Crippen LogP contribution in [-0.4, -0.2) is 18.6 Å². The Hall–Kier alpha value is -1.02. The van der Waals surface area contributed by atoms with E-state index in [9.17, 15) is 0 Å². The molecule has 1 aromatic carbocycles. The van der Waals surface area contributed by atoms with Crippen LogP contribution in [0.5, 0.6) is 0 Å². The van der Waals surface area contributed by atoms with Crippen molar-refractivity contribution < 1.29 is 0 Å². The summed E-state index contributed by atoms with van der Waals surface area (Å²) in [6.45, 7) is 4.74. The first-order chi connectivity index (χ1) is 8.64. The Labute approximate surface area is 109 Å². The van der Waals surface area contributed by atoms with E-state index in [4.69, 9.17) is 5.73 Å². The van der Waals surface area contributed by atoms with Gasteiger partial charge in [-0.3, -0.25) is 0 Å². The third-order valence-electron chi connectivity index (χ3n) is 5.31. The fourth-order valence-corrected chi connectivity index (χ4v) is 4.40. The number of nitrogens with two attached hydrogens (primary N) is 1. The van der Waals surface area contributed by atoms with Crippen molar-refractivity contribution >= 4 is 5.69 Å². The molecule has 0 spiro atoms. The Kier molecular flexibility index (Phi) is 2.12. The van der Waals surface area contributed by atoms with Crippen LogP contribution in [0, 0.1) is 5.92 Å². The lowest BCUT2D eigenvalue weighted by Crippen LogP contribution is -2.47. The van der Waals surface area contributed by atoms with Gasteiger partial charge in [-0.25, -0.2) is 0 Å². The lowest BCUT2D eigenvalue weighted by atomic mass is 9.66. The van der Waals surface area contributed by atoms with Gasteiger partial charge in [0.2, 0.25) is 0 Å². The van der Waals surface area contributed by atoms with E-state index in [0.717, 1.165) is 5.92 Å². The van der Waals surface area contributed by atoms with Crippen LogP contribution in [0.3, 0.4) is 0 Å². The molecule has 0 radical (unpaired) electrons. The van der Waals surface area contributed by atoms with Crippen LogP contribution in [0.25, 0.3) is 0 Å². The minimum Gasteiger partial charge on any atom is -0.370 e. The molecule has 3 atom stereocenters. The SMILES string of the molecule is CC1(N)CC[C@@H]2CN3CCc4cccc(c43)[C@@H]2C1. The maximum absolute atomic E-state index is 6.42. The van der Waals surface area contributed by atoms with E-state index in [1.165, 1.54) is 38.8 Å². The van der Waals surface area contributed by atoms with E-state index >= 15 is 0 Å². The van der Waals surface area contributed by atoms with Crippen molar-refractivity contribution in [2.24, 2.45) is 11.7 Å². The van der Waals surface area contributed by atoms with Gasteiger partial charge in [-0.05, 0) is 55.6 Å². The van der Waals surface area contributed by atoms with E-state index < -0.39 is 0 Å². The summed E-state index contributed by atoms with van der Waals surface area (Å²) in [5.74, 6) is 1.54. The monoisotopic (exact) mass is 242 g/mol.